The molecular formula is C3H5ClFN. The van der Waals surface area contributed by atoms with Crippen LogP contribution in [-0.4, -0.2) is 12.2 Å². The van der Waals surface area contributed by atoms with E-state index in [1.54, 1.807) is 0 Å². The smallest absolute Gasteiger partial charge is 0.118 e. The molecule has 0 aromatic carbocycles. The van der Waals surface area contributed by atoms with Crippen LogP contribution in [0.15, 0.2) is 0 Å². The molecule has 1 saturated carbocycles. The normalized spacial score (nSPS) is 43.0. The first kappa shape index (κ1) is 4.34. The Morgan fingerprint density at radius 3 is 2.33 bits per heavy atom. The van der Waals surface area contributed by atoms with Gasteiger partial charge in [0.05, 0.1) is 6.04 Å². The van der Waals surface area contributed by atoms with Crippen molar-refractivity contribution in [2.45, 2.75) is 18.6 Å². The third-order valence-electron chi connectivity index (χ3n) is 0.853. The van der Waals surface area contributed by atoms with Gasteiger partial charge in [0.15, 0.2) is 0 Å². The van der Waals surface area contributed by atoms with Crippen LogP contribution in [0.5, 0.6) is 0 Å². The first-order valence-electron chi connectivity index (χ1n) is 1.85. The number of hydrogen-bond donors (Lipinski definition) is 1. The van der Waals surface area contributed by atoms with Gasteiger partial charge in [0.2, 0.25) is 0 Å². The largest absolute Gasteiger partial charge is 0.246 e. The van der Waals surface area contributed by atoms with Gasteiger partial charge in [-0.05, 0) is 18.2 Å². The van der Waals surface area contributed by atoms with Gasteiger partial charge in [-0.15, -0.1) is 0 Å². The Morgan fingerprint density at radius 2 is 2.33 bits per heavy atom. The van der Waals surface area contributed by atoms with E-state index in [1.807, 2.05) is 0 Å². The SMILES string of the molecule is FC1CC1NCl. The predicted molar refractivity (Wildman–Crippen MR) is 22.3 cm³/mol. The van der Waals surface area contributed by atoms with E-state index in [0.29, 0.717) is 6.42 Å². The highest BCUT2D eigenvalue weighted by molar-refractivity contribution is 6.13. The highest BCUT2D eigenvalue weighted by Gasteiger charge is 2.36. The van der Waals surface area contributed by atoms with Gasteiger partial charge in [0.1, 0.15) is 6.17 Å². The molecule has 0 saturated heterocycles. The van der Waals surface area contributed by atoms with E-state index >= 15 is 0 Å². The van der Waals surface area contributed by atoms with Crippen LogP contribution in [0, 0.1) is 0 Å². The van der Waals surface area contributed by atoms with E-state index in [-0.39, 0.29) is 6.04 Å². The lowest BCUT2D eigenvalue weighted by Crippen LogP contribution is -2.03. The maximum Gasteiger partial charge on any atom is 0.118 e. The first-order valence-corrected chi connectivity index (χ1v) is 2.22. The molecule has 0 amide bonds. The minimum Gasteiger partial charge on any atom is -0.246 e. The molecule has 0 aromatic heterocycles. The third-order valence-corrected chi connectivity index (χ3v) is 1.13. The second kappa shape index (κ2) is 1.35. The molecule has 1 nitrogen and oxygen atoms in total. The van der Waals surface area contributed by atoms with Crippen LogP contribution < -0.4 is 4.84 Å². The number of hydrogen-bond acceptors (Lipinski definition) is 1. The molecule has 0 bridgehead atoms. The van der Waals surface area contributed by atoms with Gasteiger partial charge in [-0.3, -0.25) is 0 Å². The molecule has 0 spiro atoms. The summed E-state index contributed by atoms with van der Waals surface area (Å²) in [7, 11) is 0. The maximum absolute atomic E-state index is 11.6. The van der Waals surface area contributed by atoms with Crippen molar-refractivity contribution < 1.29 is 4.39 Å². The fraction of sp³-hybridized carbons (Fsp3) is 1.00. The van der Waals surface area contributed by atoms with E-state index in [1.165, 1.54) is 0 Å². The van der Waals surface area contributed by atoms with Crippen molar-refractivity contribution in [1.82, 2.24) is 4.84 Å². The molecule has 2 unspecified atom stereocenters. The quantitative estimate of drug-likeness (QED) is 0.492. The van der Waals surface area contributed by atoms with Crippen molar-refractivity contribution >= 4 is 11.8 Å². The van der Waals surface area contributed by atoms with Crippen molar-refractivity contribution in [3.8, 4) is 0 Å². The Hall–Kier alpha value is 0.180. The molecule has 1 aliphatic rings. The lowest BCUT2D eigenvalue weighted by atomic mass is 10.8. The maximum atomic E-state index is 11.6. The molecule has 1 N–H and O–H groups in total. The monoisotopic (exact) mass is 109 g/mol. The van der Waals surface area contributed by atoms with Gasteiger partial charge in [0.25, 0.3) is 0 Å². The lowest BCUT2D eigenvalue weighted by molar-refractivity contribution is 0.462. The fourth-order valence-electron chi connectivity index (χ4n) is 0.277. The second-order valence-corrected chi connectivity index (χ2v) is 1.69. The summed E-state index contributed by atoms with van der Waals surface area (Å²) in [5.74, 6) is 0. The van der Waals surface area contributed by atoms with E-state index in [4.69, 9.17) is 11.8 Å². The zero-order valence-electron chi connectivity index (χ0n) is 3.12. The van der Waals surface area contributed by atoms with Gasteiger partial charge in [-0.25, -0.2) is 9.23 Å². The topological polar surface area (TPSA) is 12.0 Å². The molecule has 3 heteroatoms. The highest BCUT2D eigenvalue weighted by Crippen LogP contribution is 2.24. The van der Waals surface area contributed by atoms with Crippen LogP contribution in [-0.2, 0) is 0 Å². The Morgan fingerprint density at radius 1 is 1.83 bits per heavy atom. The molecule has 0 radical (unpaired) electrons. The van der Waals surface area contributed by atoms with Crippen LogP contribution in [0.3, 0.4) is 0 Å². The molecule has 1 aliphatic carbocycles. The molecule has 0 aromatic rings. The zero-order valence-corrected chi connectivity index (χ0v) is 3.87. The molecule has 0 heterocycles. The van der Waals surface area contributed by atoms with Crippen LogP contribution >= 0.6 is 11.8 Å². The zero-order chi connectivity index (χ0) is 4.57. The molecule has 2 atom stereocenters. The average molecular weight is 110 g/mol. The molecular weight excluding hydrogens is 104 g/mol. The summed E-state index contributed by atoms with van der Waals surface area (Å²) in [6.07, 6.45) is -0.0914. The number of alkyl halides is 1. The summed E-state index contributed by atoms with van der Waals surface area (Å²) in [6, 6.07) is -0.0494. The molecule has 1 fully saturated rings. The van der Waals surface area contributed by atoms with Crippen LogP contribution in [0.2, 0.25) is 0 Å². The fourth-order valence-corrected chi connectivity index (χ4v) is 0.503. The standard InChI is InChI=1S/C3H5ClFN/c4-6-3-1-2(3)5/h2-3,6H,1H2. The predicted octanol–water partition coefficient (Wildman–Crippen LogP) is 0.840. The van der Waals surface area contributed by atoms with E-state index in [2.05, 4.69) is 4.84 Å². The van der Waals surface area contributed by atoms with Crippen molar-refractivity contribution in [2.75, 3.05) is 0 Å². The highest BCUT2D eigenvalue weighted by atomic mass is 35.5. The number of halogens is 2. The van der Waals surface area contributed by atoms with Gasteiger partial charge < -0.3 is 0 Å². The third kappa shape index (κ3) is 0.632. The van der Waals surface area contributed by atoms with Gasteiger partial charge in [-0.2, -0.15) is 0 Å². The summed E-state index contributed by atoms with van der Waals surface area (Å²) in [6.45, 7) is 0. The molecule has 1 rings (SSSR count). The summed E-state index contributed by atoms with van der Waals surface area (Å²) in [5, 5.41) is 0. The minimum absolute atomic E-state index is 0.0494. The summed E-state index contributed by atoms with van der Waals surface area (Å²) >= 11 is 5.00. The lowest BCUT2D eigenvalue weighted by Gasteiger charge is -1.79. The molecule has 36 valence electrons. The van der Waals surface area contributed by atoms with Gasteiger partial charge >= 0.3 is 0 Å². The van der Waals surface area contributed by atoms with Crippen LogP contribution in [0.4, 0.5) is 4.39 Å². The van der Waals surface area contributed by atoms with Crippen LogP contribution in [0.25, 0.3) is 0 Å². The second-order valence-electron chi connectivity index (χ2n) is 1.47. The van der Waals surface area contributed by atoms with E-state index < -0.39 is 6.17 Å². The summed E-state index contributed by atoms with van der Waals surface area (Å²) < 4.78 is 11.6. The van der Waals surface area contributed by atoms with Crippen LogP contribution in [0.1, 0.15) is 6.42 Å². The summed E-state index contributed by atoms with van der Waals surface area (Å²) in [4.78, 5) is 2.29. The van der Waals surface area contributed by atoms with Crippen molar-refractivity contribution in [3.05, 3.63) is 0 Å². The molecule has 6 heavy (non-hydrogen) atoms. The molecule has 0 aliphatic heterocycles. The van der Waals surface area contributed by atoms with E-state index in [0.717, 1.165) is 0 Å². The number of nitrogens with one attached hydrogen (secondary N) is 1. The van der Waals surface area contributed by atoms with E-state index in [9.17, 15) is 4.39 Å². The average Bonchev–Trinajstić information content (AvgIpc) is 2.19. The van der Waals surface area contributed by atoms with Crippen molar-refractivity contribution in [1.29, 1.82) is 0 Å². The summed E-state index contributed by atoms with van der Waals surface area (Å²) in [5.41, 5.74) is 0. The van der Waals surface area contributed by atoms with Gasteiger partial charge in [-0.1, -0.05) is 0 Å². The Balaban J connectivity index is 2.09. The Labute approximate surface area is 40.6 Å². The van der Waals surface area contributed by atoms with Crippen molar-refractivity contribution in [2.24, 2.45) is 0 Å². The minimum atomic E-state index is -0.678. The Bertz CT molecular complexity index is 56.8. The first-order chi connectivity index (χ1) is 2.84. The Kier molecular flexibility index (Phi) is 0.979. The van der Waals surface area contributed by atoms with Gasteiger partial charge in [0, 0.05) is 0 Å². The number of rotatable bonds is 1. The van der Waals surface area contributed by atoms with Crippen molar-refractivity contribution in [3.63, 3.8) is 0 Å².